The Morgan fingerprint density at radius 1 is 1.06 bits per heavy atom. The molecule has 0 aliphatic rings. The summed E-state index contributed by atoms with van der Waals surface area (Å²) in [5.41, 5.74) is 22.7. The maximum Gasteiger partial charge on any atom is 0.253 e. The lowest BCUT2D eigenvalue weighted by Crippen LogP contribution is -2.28. The Kier molecular flexibility index (Phi) is 9.79. The van der Waals surface area contributed by atoms with Gasteiger partial charge in [-0.05, 0) is 54.2 Å². The van der Waals surface area contributed by atoms with Crippen LogP contribution in [0.2, 0.25) is 0 Å². The Morgan fingerprint density at radius 2 is 1.78 bits per heavy atom. The molecule has 188 valence electrons. The molecule has 1 amide bonds. The van der Waals surface area contributed by atoms with Crippen LogP contribution in [0.3, 0.4) is 0 Å². The van der Waals surface area contributed by atoms with Crippen LogP contribution in [0.5, 0.6) is 0 Å². The molecule has 2 unspecified atom stereocenters. The number of carbonyl (C=O) groups excluding carboxylic acids is 1. The highest BCUT2D eigenvalue weighted by Crippen LogP contribution is 2.19. The fourth-order valence-corrected chi connectivity index (χ4v) is 3.97. The quantitative estimate of drug-likeness (QED) is 0.101. The van der Waals surface area contributed by atoms with Crippen LogP contribution in [0.25, 0.3) is 0 Å². The molecule has 3 aromatic rings. The fraction of sp³-hybridized carbons (Fsp3) is 0.296. The highest BCUT2D eigenvalue weighted by molar-refractivity contribution is 5.97. The molecule has 36 heavy (non-hydrogen) atoms. The molecule has 0 bridgehead atoms. The summed E-state index contributed by atoms with van der Waals surface area (Å²) in [6.07, 6.45) is 6.02. The van der Waals surface area contributed by atoms with Gasteiger partial charge in [0.05, 0.1) is 6.10 Å². The molecule has 1 aromatic heterocycles. The topological polar surface area (TPSA) is 154 Å². The van der Waals surface area contributed by atoms with E-state index in [9.17, 15) is 9.90 Å². The van der Waals surface area contributed by atoms with Crippen molar-refractivity contribution in [1.82, 2.24) is 9.88 Å². The van der Waals surface area contributed by atoms with E-state index in [0.717, 1.165) is 42.4 Å². The number of rotatable bonds is 12. The van der Waals surface area contributed by atoms with E-state index >= 15 is 0 Å². The molecule has 0 fully saturated rings. The van der Waals surface area contributed by atoms with Crippen LogP contribution in [0.1, 0.15) is 58.0 Å². The van der Waals surface area contributed by atoms with Gasteiger partial charge in [-0.2, -0.15) is 5.53 Å². The van der Waals surface area contributed by atoms with Crippen molar-refractivity contribution in [3.63, 3.8) is 0 Å². The van der Waals surface area contributed by atoms with E-state index in [1.165, 1.54) is 6.20 Å². The van der Waals surface area contributed by atoms with Crippen molar-refractivity contribution in [1.29, 1.82) is 5.53 Å². The molecule has 0 spiro atoms. The second kappa shape index (κ2) is 13.2. The van der Waals surface area contributed by atoms with E-state index in [-0.39, 0.29) is 17.8 Å². The number of nitrogens with two attached hydrogens (primary N) is 2. The van der Waals surface area contributed by atoms with Gasteiger partial charge >= 0.3 is 0 Å². The number of nitrogens with one attached hydrogen (secondary N) is 1. The van der Waals surface area contributed by atoms with Gasteiger partial charge in [-0.25, -0.2) is 0 Å². The zero-order valence-electron chi connectivity index (χ0n) is 20.4. The molecule has 9 heteroatoms. The van der Waals surface area contributed by atoms with Crippen LogP contribution in [-0.2, 0) is 13.0 Å². The average Bonchev–Trinajstić information content (AvgIpc) is 2.91. The zero-order chi connectivity index (χ0) is 25.9. The number of carbonyl (C=O) groups is 1. The van der Waals surface area contributed by atoms with Gasteiger partial charge in [-0.15, -0.1) is 5.10 Å². The SMILES string of the molecule is CN(Cc1cncc(C(N)=NN=N)c1)C(=O)c1ccc(CCCCC(N)C(O)c2ccccc2)cc1. The van der Waals surface area contributed by atoms with Crippen LogP contribution >= 0.6 is 0 Å². The summed E-state index contributed by atoms with van der Waals surface area (Å²) in [5.74, 6) is -0.00565. The molecular formula is C27H33N7O2. The molecule has 2 aromatic carbocycles. The fourth-order valence-electron chi connectivity index (χ4n) is 3.97. The average molecular weight is 488 g/mol. The summed E-state index contributed by atoms with van der Waals surface area (Å²) in [6.45, 7) is 0.349. The summed E-state index contributed by atoms with van der Waals surface area (Å²) in [4.78, 5) is 18.6. The highest BCUT2D eigenvalue weighted by Gasteiger charge is 2.16. The predicted octanol–water partition coefficient (Wildman–Crippen LogP) is 3.78. The molecule has 0 aliphatic heterocycles. The molecule has 0 radical (unpaired) electrons. The van der Waals surface area contributed by atoms with Gasteiger partial charge in [0.2, 0.25) is 0 Å². The molecule has 9 nitrogen and oxygen atoms in total. The van der Waals surface area contributed by atoms with Crippen LogP contribution in [0.15, 0.2) is 83.4 Å². The molecule has 6 N–H and O–H groups in total. The predicted molar refractivity (Wildman–Crippen MR) is 139 cm³/mol. The first kappa shape index (κ1) is 26.7. The number of hydrogen-bond donors (Lipinski definition) is 4. The normalized spacial score (nSPS) is 13.1. The number of aliphatic hydroxyl groups excluding tert-OH is 1. The van der Waals surface area contributed by atoms with Crippen molar-refractivity contribution in [2.45, 2.75) is 44.4 Å². The molecule has 1 heterocycles. The van der Waals surface area contributed by atoms with E-state index in [0.29, 0.717) is 17.7 Å². The molecule has 0 saturated heterocycles. The van der Waals surface area contributed by atoms with Crippen LogP contribution < -0.4 is 11.5 Å². The lowest BCUT2D eigenvalue weighted by atomic mass is 9.97. The van der Waals surface area contributed by atoms with Gasteiger partial charge in [0.25, 0.3) is 5.91 Å². The Morgan fingerprint density at radius 3 is 2.47 bits per heavy atom. The minimum atomic E-state index is -0.656. The van der Waals surface area contributed by atoms with E-state index in [4.69, 9.17) is 17.0 Å². The van der Waals surface area contributed by atoms with Gasteiger partial charge in [0, 0.05) is 43.2 Å². The third-order valence-corrected chi connectivity index (χ3v) is 6.02. The highest BCUT2D eigenvalue weighted by atomic mass is 16.3. The zero-order valence-corrected chi connectivity index (χ0v) is 20.4. The van der Waals surface area contributed by atoms with Crippen LogP contribution in [0.4, 0.5) is 0 Å². The summed E-state index contributed by atoms with van der Waals surface area (Å²) in [6, 6.07) is 18.6. The summed E-state index contributed by atoms with van der Waals surface area (Å²) >= 11 is 0. The standard InChI is InChI=1S/C27H33N7O2/c1-34(18-20-15-23(17-31-16-20)26(29)32-33-30)27(36)22-13-11-19(12-14-22)7-5-6-10-24(28)25(35)21-8-3-2-4-9-21/h2-4,8-9,11-17,24-25,35H,5-7,10,18,28H2,1H3,(H3,29,30,32). The van der Waals surface area contributed by atoms with E-state index in [1.807, 2.05) is 54.6 Å². The maximum absolute atomic E-state index is 12.9. The second-order valence-electron chi connectivity index (χ2n) is 8.79. The minimum Gasteiger partial charge on any atom is -0.387 e. The third kappa shape index (κ3) is 7.53. The number of hydrogen-bond acceptors (Lipinski definition) is 6. The van der Waals surface area contributed by atoms with E-state index < -0.39 is 6.10 Å². The summed E-state index contributed by atoms with van der Waals surface area (Å²) < 4.78 is 0. The number of aromatic nitrogens is 1. The van der Waals surface area contributed by atoms with E-state index in [1.54, 1.807) is 24.2 Å². The van der Waals surface area contributed by atoms with Crippen molar-refractivity contribution in [2.75, 3.05) is 7.05 Å². The number of unbranched alkanes of at least 4 members (excludes halogenated alkanes) is 1. The maximum atomic E-state index is 12.9. The van der Waals surface area contributed by atoms with Crippen LogP contribution in [-0.4, -0.2) is 39.8 Å². The number of aliphatic hydroxyl groups is 1. The van der Waals surface area contributed by atoms with E-state index in [2.05, 4.69) is 15.3 Å². The summed E-state index contributed by atoms with van der Waals surface area (Å²) in [5, 5.41) is 16.8. The Balaban J connectivity index is 1.47. The monoisotopic (exact) mass is 487 g/mol. The molecule has 0 saturated carbocycles. The number of benzene rings is 2. The first-order chi connectivity index (χ1) is 17.4. The Labute approximate surface area is 211 Å². The lowest BCUT2D eigenvalue weighted by Gasteiger charge is -2.19. The van der Waals surface area contributed by atoms with Crippen molar-refractivity contribution in [3.05, 3.63) is 101 Å². The Bertz CT molecular complexity index is 1170. The van der Waals surface area contributed by atoms with Crippen molar-refractivity contribution in [2.24, 2.45) is 21.8 Å². The Hall–Kier alpha value is -3.95. The number of pyridine rings is 1. The van der Waals surface area contributed by atoms with Crippen molar-refractivity contribution in [3.8, 4) is 0 Å². The molecular weight excluding hydrogens is 454 g/mol. The van der Waals surface area contributed by atoms with Crippen molar-refractivity contribution < 1.29 is 9.90 Å². The molecule has 3 rings (SSSR count). The van der Waals surface area contributed by atoms with Gasteiger partial charge < -0.3 is 21.5 Å². The van der Waals surface area contributed by atoms with Gasteiger partial charge in [0.15, 0.2) is 5.84 Å². The number of nitrogens with zero attached hydrogens (tertiary/aromatic N) is 4. The largest absolute Gasteiger partial charge is 0.387 e. The van der Waals surface area contributed by atoms with Gasteiger partial charge in [-0.1, -0.05) is 54.1 Å². The van der Waals surface area contributed by atoms with Crippen LogP contribution in [0, 0.1) is 5.53 Å². The smallest absolute Gasteiger partial charge is 0.253 e. The third-order valence-electron chi connectivity index (χ3n) is 6.02. The molecule has 2 atom stereocenters. The first-order valence-corrected chi connectivity index (χ1v) is 11.9. The molecule has 0 aliphatic carbocycles. The lowest BCUT2D eigenvalue weighted by molar-refractivity contribution is 0.0785. The minimum absolute atomic E-state index is 0.0956. The number of amidine groups is 1. The van der Waals surface area contributed by atoms with Gasteiger partial charge in [0.1, 0.15) is 0 Å². The second-order valence-corrected chi connectivity index (χ2v) is 8.79. The number of aryl methyl sites for hydroxylation is 1. The van der Waals surface area contributed by atoms with Gasteiger partial charge in [-0.3, -0.25) is 9.78 Å². The van der Waals surface area contributed by atoms with Crippen molar-refractivity contribution >= 4 is 11.7 Å². The first-order valence-electron chi connectivity index (χ1n) is 11.9. The number of amides is 1. The summed E-state index contributed by atoms with van der Waals surface area (Å²) in [7, 11) is 1.73.